The summed E-state index contributed by atoms with van der Waals surface area (Å²) in [5, 5.41) is 13.1. The second-order valence-corrected chi connectivity index (χ2v) is 9.95. The molecule has 1 aliphatic rings. The van der Waals surface area contributed by atoms with Gasteiger partial charge in [-0.05, 0) is 67.3 Å². The van der Waals surface area contributed by atoms with Crippen molar-refractivity contribution in [2.24, 2.45) is 0 Å². The predicted octanol–water partition coefficient (Wildman–Crippen LogP) is 8.13. The third-order valence-electron chi connectivity index (χ3n) is 6.97. The summed E-state index contributed by atoms with van der Waals surface area (Å²) in [7, 11) is 0. The maximum absolute atomic E-state index is 13.6. The van der Waals surface area contributed by atoms with Crippen molar-refractivity contribution >= 4 is 17.7 Å². The highest BCUT2D eigenvalue weighted by molar-refractivity contribution is 5.90. The topological polar surface area (TPSA) is 87.6 Å². The maximum Gasteiger partial charge on any atom is 0.416 e. The van der Waals surface area contributed by atoms with E-state index in [4.69, 9.17) is 4.74 Å². The van der Waals surface area contributed by atoms with Crippen LogP contribution in [0.25, 0.3) is 0 Å². The summed E-state index contributed by atoms with van der Waals surface area (Å²) in [5.41, 5.74) is -4.72. The summed E-state index contributed by atoms with van der Waals surface area (Å²) < 4.78 is 126. The molecule has 2 aromatic carbocycles. The lowest BCUT2D eigenvalue weighted by atomic mass is 9.89. The molecular formula is C28H25F9N4O3. The normalized spacial score (nSPS) is 17.3. The van der Waals surface area contributed by atoms with E-state index in [2.05, 4.69) is 15.3 Å². The SMILES string of the molecule is CCOC(=O)N1c2ccc(C(F)(F)F)cc2[C@@H](Nc2ncc(O)c(Cc3cc(C(F)(F)F)cc(C(F)(F)F)c3)n2)C[C@H]1CC. The average molecular weight is 637 g/mol. The predicted molar refractivity (Wildman–Crippen MR) is 139 cm³/mol. The first-order valence-corrected chi connectivity index (χ1v) is 13.2. The molecule has 0 aliphatic carbocycles. The summed E-state index contributed by atoms with van der Waals surface area (Å²) in [5.74, 6) is -0.904. The van der Waals surface area contributed by atoms with Gasteiger partial charge in [0.1, 0.15) is 0 Å². The zero-order valence-corrected chi connectivity index (χ0v) is 23.0. The molecule has 7 nitrogen and oxygen atoms in total. The maximum atomic E-state index is 13.6. The molecule has 44 heavy (non-hydrogen) atoms. The molecule has 1 aliphatic heterocycles. The van der Waals surface area contributed by atoms with Gasteiger partial charge in [-0.25, -0.2) is 14.8 Å². The first kappa shape index (κ1) is 32.7. The lowest BCUT2D eigenvalue weighted by molar-refractivity contribution is -0.143. The molecule has 3 aromatic rings. The molecule has 238 valence electrons. The van der Waals surface area contributed by atoms with Crippen molar-refractivity contribution in [2.45, 2.75) is 63.7 Å². The van der Waals surface area contributed by atoms with Crippen LogP contribution < -0.4 is 10.2 Å². The summed E-state index contributed by atoms with van der Waals surface area (Å²) in [6.07, 6.45) is -15.0. The molecule has 0 radical (unpaired) electrons. The van der Waals surface area contributed by atoms with Gasteiger partial charge in [0.2, 0.25) is 5.95 Å². The van der Waals surface area contributed by atoms with E-state index in [-0.39, 0.29) is 42.0 Å². The third-order valence-corrected chi connectivity index (χ3v) is 6.97. The van der Waals surface area contributed by atoms with Crippen LogP contribution in [0.5, 0.6) is 5.75 Å². The summed E-state index contributed by atoms with van der Waals surface area (Å²) in [6.45, 7) is 3.34. The van der Waals surface area contributed by atoms with E-state index in [9.17, 15) is 49.4 Å². The Bertz CT molecular complexity index is 1490. The van der Waals surface area contributed by atoms with Gasteiger partial charge in [0.25, 0.3) is 0 Å². The highest BCUT2D eigenvalue weighted by Gasteiger charge is 2.40. The van der Waals surface area contributed by atoms with Gasteiger partial charge in [0.15, 0.2) is 5.75 Å². The van der Waals surface area contributed by atoms with Gasteiger partial charge < -0.3 is 15.2 Å². The number of aromatic hydroxyl groups is 1. The van der Waals surface area contributed by atoms with Gasteiger partial charge in [-0.3, -0.25) is 4.90 Å². The Kier molecular flexibility index (Phi) is 8.94. The second kappa shape index (κ2) is 12.0. The van der Waals surface area contributed by atoms with Crippen molar-refractivity contribution in [3.8, 4) is 5.75 Å². The minimum absolute atomic E-state index is 0.0177. The number of amides is 1. The van der Waals surface area contributed by atoms with Crippen LogP contribution in [-0.2, 0) is 29.7 Å². The van der Waals surface area contributed by atoms with Crippen LogP contribution in [0.15, 0.2) is 42.6 Å². The lowest BCUT2D eigenvalue weighted by Crippen LogP contribution is -2.46. The summed E-state index contributed by atoms with van der Waals surface area (Å²) in [4.78, 5) is 22.0. The van der Waals surface area contributed by atoms with Crippen LogP contribution in [-0.4, -0.2) is 33.8 Å². The van der Waals surface area contributed by atoms with E-state index in [1.54, 1.807) is 13.8 Å². The molecule has 1 aromatic heterocycles. The van der Waals surface area contributed by atoms with E-state index in [0.717, 1.165) is 24.4 Å². The van der Waals surface area contributed by atoms with Gasteiger partial charge in [0, 0.05) is 12.5 Å². The van der Waals surface area contributed by atoms with Gasteiger partial charge in [-0.2, -0.15) is 39.5 Å². The number of halogens is 9. The Morgan fingerprint density at radius 3 is 2.11 bits per heavy atom. The quantitative estimate of drug-likeness (QED) is 0.266. The molecule has 4 rings (SSSR count). The zero-order chi connectivity index (χ0) is 32.6. The van der Waals surface area contributed by atoms with Gasteiger partial charge in [0.05, 0.1) is 46.9 Å². The van der Waals surface area contributed by atoms with Crippen LogP contribution in [0, 0.1) is 0 Å². The minimum atomic E-state index is -5.09. The highest BCUT2D eigenvalue weighted by Crippen LogP contribution is 2.43. The highest BCUT2D eigenvalue weighted by atomic mass is 19.4. The number of nitrogens with zero attached hydrogens (tertiary/aromatic N) is 3. The first-order valence-electron chi connectivity index (χ1n) is 13.2. The van der Waals surface area contributed by atoms with Crippen LogP contribution in [0.4, 0.5) is 55.9 Å². The Morgan fingerprint density at radius 2 is 1.57 bits per heavy atom. The second-order valence-electron chi connectivity index (χ2n) is 9.95. The number of hydrogen-bond acceptors (Lipinski definition) is 6. The fourth-order valence-electron chi connectivity index (χ4n) is 4.94. The molecule has 2 N–H and O–H groups in total. The Balaban J connectivity index is 1.73. The Labute approximate surface area is 244 Å². The van der Waals surface area contributed by atoms with E-state index in [1.807, 2.05) is 0 Å². The largest absolute Gasteiger partial charge is 0.504 e. The minimum Gasteiger partial charge on any atom is -0.504 e. The molecule has 0 fully saturated rings. The number of nitrogens with one attached hydrogen (secondary N) is 1. The van der Waals surface area contributed by atoms with Crippen molar-refractivity contribution in [3.63, 3.8) is 0 Å². The third kappa shape index (κ3) is 7.10. The van der Waals surface area contributed by atoms with E-state index in [1.165, 1.54) is 4.90 Å². The molecular weight excluding hydrogens is 611 g/mol. The molecule has 1 amide bonds. The number of benzene rings is 2. The number of aromatic nitrogens is 2. The molecule has 2 atom stereocenters. The Morgan fingerprint density at radius 1 is 0.955 bits per heavy atom. The molecule has 0 unspecified atom stereocenters. The smallest absolute Gasteiger partial charge is 0.416 e. The molecule has 2 heterocycles. The number of carbonyl (C=O) groups is 1. The fourth-order valence-corrected chi connectivity index (χ4v) is 4.94. The van der Waals surface area contributed by atoms with Crippen LogP contribution >= 0.6 is 0 Å². The first-order chi connectivity index (χ1) is 20.4. The lowest BCUT2D eigenvalue weighted by Gasteiger charge is -2.40. The van der Waals surface area contributed by atoms with Crippen molar-refractivity contribution in [3.05, 3.63) is 76.1 Å². The number of rotatable bonds is 6. The molecule has 0 saturated heterocycles. The van der Waals surface area contributed by atoms with Gasteiger partial charge >= 0.3 is 24.6 Å². The number of ether oxygens (including phenoxy) is 1. The van der Waals surface area contributed by atoms with E-state index >= 15 is 0 Å². The monoisotopic (exact) mass is 636 g/mol. The van der Waals surface area contributed by atoms with Crippen LogP contribution in [0.3, 0.4) is 0 Å². The number of carbonyl (C=O) groups excluding carboxylic acids is 1. The van der Waals surface area contributed by atoms with Gasteiger partial charge in [-0.15, -0.1) is 0 Å². The van der Waals surface area contributed by atoms with Crippen molar-refractivity contribution in [1.82, 2.24) is 9.97 Å². The number of anilines is 2. The standard InChI is InChI=1S/C28H25F9N4O3/c1-3-18-12-20(19-11-15(26(29,30)31)5-6-22(19)41(18)25(43)44-4-2)39-24-38-13-23(42)21(40-24)9-14-7-16(27(32,33)34)10-17(8-14)28(35,36)37/h5-8,10-11,13,18,20,42H,3-4,9,12H2,1-2H3,(H,38,39,40)/t18-,20+/m1/s1. The average Bonchev–Trinajstić information content (AvgIpc) is 2.92. The van der Waals surface area contributed by atoms with E-state index < -0.39 is 71.1 Å². The molecule has 0 saturated carbocycles. The fraction of sp³-hybridized carbons (Fsp3) is 0.393. The van der Waals surface area contributed by atoms with Crippen LogP contribution in [0.1, 0.15) is 66.2 Å². The number of alkyl halides is 9. The van der Waals surface area contributed by atoms with Crippen molar-refractivity contribution < 1.29 is 54.2 Å². The zero-order valence-electron chi connectivity index (χ0n) is 23.0. The molecule has 0 bridgehead atoms. The number of fused-ring (bicyclic) bond motifs is 1. The van der Waals surface area contributed by atoms with Crippen molar-refractivity contribution in [1.29, 1.82) is 0 Å². The van der Waals surface area contributed by atoms with Crippen LogP contribution in [0.2, 0.25) is 0 Å². The Hall–Kier alpha value is -4.24. The summed E-state index contributed by atoms with van der Waals surface area (Å²) in [6, 6.07) is 2.30. The molecule has 0 spiro atoms. The van der Waals surface area contributed by atoms with Gasteiger partial charge in [-0.1, -0.05) is 6.92 Å². The van der Waals surface area contributed by atoms with E-state index in [0.29, 0.717) is 18.6 Å². The molecule has 16 heteroatoms. The number of hydrogen-bond donors (Lipinski definition) is 2. The summed E-state index contributed by atoms with van der Waals surface area (Å²) >= 11 is 0. The van der Waals surface area contributed by atoms with Crippen molar-refractivity contribution in [2.75, 3.05) is 16.8 Å².